The third kappa shape index (κ3) is 5.02. The smallest absolute Gasteiger partial charge is 0.387 e. The molecule has 0 aliphatic carbocycles. The number of carbonyl (C=O) groups is 1. The van der Waals surface area contributed by atoms with Crippen molar-refractivity contribution in [1.29, 1.82) is 0 Å². The minimum atomic E-state index is -2.86. The molecule has 0 radical (unpaired) electrons. The summed E-state index contributed by atoms with van der Waals surface area (Å²) in [4.78, 5) is 16.7. The van der Waals surface area contributed by atoms with Crippen LogP contribution in [0.15, 0.2) is 54.6 Å². The Balaban J connectivity index is 1.47. The average molecular weight is 360 g/mol. The van der Waals surface area contributed by atoms with E-state index in [-0.39, 0.29) is 11.7 Å². The van der Waals surface area contributed by atoms with Crippen LogP contribution in [-0.2, 0) is 6.42 Å². The first-order chi connectivity index (χ1) is 12.6. The number of rotatable bonds is 6. The van der Waals surface area contributed by atoms with Crippen molar-refractivity contribution in [3.05, 3.63) is 65.7 Å². The summed E-state index contributed by atoms with van der Waals surface area (Å²) in [5.41, 5.74) is 1.81. The van der Waals surface area contributed by atoms with Gasteiger partial charge in [-0.3, -0.25) is 9.69 Å². The highest BCUT2D eigenvalue weighted by molar-refractivity contribution is 5.94. The summed E-state index contributed by atoms with van der Waals surface area (Å²) in [6.45, 7) is 1.13. The van der Waals surface area contributed by atoms with Crippen molar-refractivity contribution >= 4 is 5.91 Å². The Kier molecular flexibility index (Phi) is 6.17. The molecule has 0 N–H and O–H groups in total. The molecule has 0 aromatic heterocycles. The molecule has 4 nitrogen and oxygen atoms in total. The van der Waals surface area contributed by atoms with E-state index in [1.165, 1.54) is 29.8 Å². The molecule has 2 aromatic rings. The standard InChI is InChI=1S/C20H22F2N2O2/c21-20(22)26-18-8-6-17(7-9-18)19(25)24-14-12-23(13-15-24)11-10-16-4-2-1-3-5-16/h1-9,20H,10-15H2. The monoisotopic (exact) mass is 360 g/mol. The van der Waals surface area contributed by atoms with Gasteiger partial charge in [0.15, 0.2) is 0 Å². The zero-order valence-electron chi connectivity index (χ0n) is 14.5. The van der Waals surface area contributed by atoms with Gasteiger partial charge in [-0.15, -0.1) is 0 Å². The van der Waals surface area contributed by atoms with E-state index in [0.717, 1.165) is 26.1 Å². The van der Waals surface area contributed by atoms with Gasteiger partial charge in [0.05, 0.1) is 0 Å². The SMILES string of the molecule is O=C(c1ccc(OC(F)F)cc1)N1CCN(CCc2ccccc2)CC1. The van der Waals surface area contributed by atoms with Gasteiger partial charge in [-0.25, -0.2) is 0 Å². The number of hydrogen-bond donors (Lipinski definition) is 0. The minimum absolute atomic E-state index is 0.0577. The maximum atomic E-state index is 12.5. The van der Waals surface area contributed by atoms with Crippen LogP contribution in [0.5, 0.6) is 5.75 Å². The molecule has 0 atom stereocenters. The number of benzene rings is 2. The molecule has 1 aliphatic heterocycles. The predicted octanol–water partition coefficient (Wildman–Crippen LogP) is 3.29. The molecule has 1 heterocycles. The molecular weight excluding hydrogens is 338 g/mol. The van der Waals surface area contributed by atoms with Crippen LogP contribution in [-0.4, -0.2) is 55.0 Å². The third-order valence-corrected chi connectivity index (χ3v) is 4.55. The molecule has 2 aromatic carbocycles. The summed E-state index contributed by atoms with van der Waals surface area (Å²) >= 11 is 0. The quantitative estimate of drug-likeness (QED) is 0.793. The molecule has 138 valence electrons. The first-order valence-electron chi connectivity index (χ1n) is 8.72. The number of alkyl halides is 2. The van der Waals surface area contributed by atoms with E-state index in [4.69, 9.17) is 0 Å². The molecule has 1 aliphatic rings. The number of amides is 1. The number of ether oxygens (including phenoxy) is 1. The second kappa shape index (κ2) is 8.76. The van der Waals surface area contributed by atoms with Crippen LogP contribution < -0.4 is 4.74 Å². The molecule has 0 unspecified atom stereocenters. The summed E-state index contributed by atoms with van der Waals surface area (Å²) in [6, 6.07) is 16.2. The Morgan fingerprint density at radius 2 is 1.62 bits per heavy atom. The number of carbonyl (C=O) groups excluding carboxylic acids is 1. The lowest BCUT2D eigenvalue weighted by molar-refractivity contribution is -0.0498. The second-order valence-electron chi connectivity index (χ2n) is 6.27. The fourth-order valence-electron chi connectivity index (χ4n) is 3.07. The van der Waals surface area contributed by atoms with Crippen molar-refractivity contribution in [2.75, 3.05) is 32.7 Å². The van der Waals surface area contributed by atoms with Gasteiger partial charge in [0.1, 0.15) is 5.75 Å². The van der Waals surface area contributed by atoms with E-state index in [2.05, 4.69) is 21.8 Å². The Labute approximate surface area is 152 Å². The van der Waals surface area contributed by atoms with E-state index in [1.54, 1.807) is 0 Å². The topological polar surface area (TPSA) is 32.8 Å². The zero-order chi connectivity index (χ0) is 18.4. The summed E-state index contributed by atoms with van der Waals surface area (Å²) in [6.07, 6.45) is 1.00. The largest absolute Gasteiger partial charge is 0.435 e. The van der Waals surface area contributed by atoms with E-state index in [9.17, 15) is 13.6 Å². The third-order valence-electron chi connectivity index (χ3n) is 4.55. The van der Waals surface area contributed by atoms with Crippen LogP contribution in [0.2, 0.25) is 0 Å². The van der Waals surface area contributed by atoms with Crippen LogP contribution in [0.3, 0.4) is 0 Å². The highest BCUT2D eigenvalue weighted by atomic mass is 19.3. The van der Waals surface area contributed by atoms with Crippen molar-refractivity contribution in [2.24, 2.45) is 0 Å². The lowest BCUT2D eigenvalue weighted by atomic mass is 10.1. The van der Waals surface area contributed by atoms with Crippen molar-refractivity contribution in [2.45, 2.75) is 13.0 Å². The fourth-order valence-corrected chi connectivity index (χ4v) is 3.07. The summed E-state index contributed by atoms with van der Waals surface area (Å²) in [5, 5.41) is 0. The Hall–Kier alpha value is -2.47. The predicted molar refractivity (Wildman–Crippen MR) is 95.6 cm³/mol. The van der Waals surface area contributed by atoms with Gasteiger partial charge in [-0.2, -0.15) is 8.78 Å². The van der Waals surface area contributed by atoms with Crippen molar-refractivity contribution in [3.63, 3.8) is 0 Å². The molecule has 0 spiro atoms. The van der Waals surface area contributed by atoms with Crippen LogP contribution in [0.4, 0.5) is 8.78 Å². The number of hydrogen-bond acceptors (Lipinski definition) is 3. The van der Waals surface area contributed by atoms with Crippen molar-refractivity contribution < 1.29 is 18.3 Å². The number of nitrogens with zero attached hydrogens (tertiary/aromatic N) is 2. The van der Waals surface area contributed by atoms with E-state index in [1.807, 2.05) is 23.1 Å². The molecule has 1 amide bonds. The van der Waals surface area contributed by atoms with Gasteiger partial charge in [0.2, 0.25) is 0 Å². The van der Waals surface area contributed by atoms with Gasteiger partial charge in [0, 0.05) is 38.3 Å². The van der Waals surface area contributed by atoms with E-state index >= 15 is 0 Å². The molecule has 26 heavy (non-hydrogen) atoms. The first kappa shape index (κ1) is 18.3. The number of halogens is 2. The lowest BCUT2D eigenvalue weighted by Crippen LogP contribution is -2.49. The maximum Gasteiger partial charge on any atom is 0.387 e. The van der Waals surface area contributed by atoms with E-state index in [0.29, 0.717) is 18.7 Å². The minimum Gasteiger partial charge on any atom is -0.435 e. The highest BCUT2D eigenvalue weighted by Gasteiger charge is 2.22. The van der Waals surface area contributed by atoms with Crippen molar-refractivity contribution in [3.8, 4) is 5.75 Å². The summed E-state index contributed by atoms with van der Waals surface area (Å²) in [7, 11) is 0. The molecule has 6 heteroatoms. The highest BCUT2D eigenvalue weighted by Crippen LogP contribution is 2.17. The lowest BCUT2D eigenvalue weighted by Gasteiger charge is -2.34. The molecular formula is C20H22F2N2O2. The van der Waals surface area contributed by atoms with Crippen molar-refractivity contribution in [1.82, 2.24) is 9.80 Å². The molecule has 3 rings (SSSR count). The zero-order valence-corrected chi connectivity index (χ0v) is 14.5. The Morgan fingerprint density at radius 1 is 0.962 bits per heavy atom. The molecule has 1 saturated heterocycles. The first-order valence-corrected chi connectivity index (χ1v) is 8.72. The van der Waals surface area contributed by atoms with Gasteiger partial charge >= 0.3 is 6.61 Å². The molecule has 1 fully saturated rings. The second-order valence-corrected chi connectivity index (χ2v) is 6.27. The van der Waals surface area contributed by atoms with Gasteiger partial charge < -0.3 is 9.64 Å². The molecule has 0 bridgehead atoms. The Morgan fingerprint density at radius 3 is 2.23 bits per heavy atom. The fraction of sp³-hybridized carbons (Fsp3) is 0.350. The van der Waals surface area contributed by atoms with Crippen LogP contribution in [0.25, 0.3) is 0 Å². The van der Waals surface area contributed by atoms with Gasteiger partial charge in [-0.1, -0.05) is 30.3 Å². The molecule has 0 saturated carbocycles. The van der Waals surface area contributed by atoms with E-state index < -0.39 is 6.61 Å². The van der Waals surface area contributed by atoms with Crippen LogP contribution >= 0.6 is 0 Å². The number of piperazine rings is 1. The van der Waals surface area contributed by atoms with Gasteiger partial charge in [0.25, 0.3) is 5.91 Å². The normalized spacial score (nSPS) is 15.3. The maximum absolute atomic E-state index is 12.5. The van der Waals surface area contributed by atoms with Gasteiger partial charge in [-0.05, 0) is 36.2 Å². The summed E-state index contributed by atoms with van der Waals surface area (Å²) in [5.74, 6) is -0.0152. The van der Waals surface area contributed by atoms with Crippen LogP contribution in [0.1, 0.15) is 15.9 Å². The Bertz CT molecular complexity index is 700. The summed E-state index contributed by atoms with van der Waals surface area (Å²) < 4.78 is 28.7. The van der Waals surface area contributed by atoms with Crippen LogP contribution in [0, 0.1) is 0 Å². The average Bonchev–Trinajstić information content (AvgIpc) is 2.67.